The van der Waals surface area contributed by atoms with E-state index in [2.05, 4.69) is 0 Å². The average Bonchev–Trinajstić information content (AvgIpc) is 2.99. The first-order valence-corrected chi connectivity index (χ1v) is 6.32. The van der Waals surface area contributed by atoms with Crippen molar-refractivity contribution in [1.82, 2.24) is 0 Å². The molecule has 19 heavy (non-hydrogen) atoms. The molecule has 4 nitrogen and oxygen atoms in total. The van der Waals surface area contributed by atoms with Crippen molar-refractivity contribution in [3.05, 3.63) is 47.9 Å². The van der Waals surface area contributed by atoms with Gasteiger partial charge in [0, 0.05) is 6.54 Å². The number of hydrogen-bond donors (Lipinski definition) is 0. The van der Waals surface area contributed by atoms with E-state index >= 15 is 0 Å². The van der Waals surface area contributed by atoms with Gasteiger partial charge in [-0.2, -0.15) is 0 Å². The Hall–Kier alpha value is -2.23. The number of para-hydroxylation sites is 1. The molecule has 1 amide bonds. The molecule has 98 valence electrons. The zero-order valence-corrected chi connectivity index (χ0v) is 10.8. The van der Waals surface area contributed by atoms with E-state index in [1.54, 1.807) is 24.1 Å². The zero-order chi connectivity index (χ0) is 13.2. The summed E-state index contributed by atoms with van der Waals surface area (Å²) in [4.78, 5) is 14.2. The molecule has 0 atom stereocenters. The maximum absolute atomic E-state index is 12.5. The van der Waals surface area contributed by atoms with Crippen LogP contribution in [-0.2, 0) is 6.42 Å². The highest BCUT2D eigenvalue weighted by atomic mass is 16.5. The number of methoxy groups -OCH3 is 1. The molecule has 1 aromatic heterocycles. The third kappa shape index (κ3) is 1.99. The van der Waals surface area contributed by atoms with Gasteiger partial charge < -0.3 is 14.1 Å². The predicted octanol–water partition coefficient (Wildman–Crippen LogP) is 2.88. The Balaban J connectivity index is 2.05. The third-order valence-corrected chi connectivity index (χ3v) is 3.38. The van der Waals surface area contributed by atoms with E-state index < -0.39 is 0 Å². The number of fused-ring (bicyclic) bond motifs is 1. The van der Waals surface area contributed by atoms with E-state index in [1.807, 2.05) is 18.2 Å². The molecule has 0 saturated heterocycles. The van der Waals surface area contributed by atoms with Gasteiger partial charge in [0.2, 0.25) is 0 Å². The maximum Gasteiger partial charge on any atom is 0.294 e. The van der Waals surface area contributed by atoms with Gasteiger partial charge in [0.05, 0.1) is 19.1 Å². The van der Waals surface area contributed by atoms with Gasteiger partial charge in [-0.15, -0.1) is 0 Å². The second-order valence-corrected chi connectivity index (χ2v) is 4.51. The van der Waals surface area contributed by atoms with Crippen LogP contribution < -0.4 is 9.64 Å². The molecule has 3 rings (SSSR count). The minimum Gasteiger partial charge on any atom is -0.495 e. The van der Waals surface area contributed by atoms with Crippen molar-refractivity contribution in [2.24, 2.45) is 0 Å². The van der Waals surface area contributed by atoms with Gasteiger partial charge in [-0.3, -0.25) is 4.79 Å². The number of carbonyl (C=O) groups excluding carboxylic acids is 1. The van der Waals surface area contributed by atoms with Gasteiger partial charge >= 0.3 is 0 Å². The van der Waals surface area contributed by atoms with Crippen LogP contribution >= 0.6 is 0 Å². The number of nitrogens with zero attached hydrogens (tertiary/aromatic N) is 1. The van der Waals surface area contributed by atoms with Crippen molar-refractivity contribution < 1.29 is 13.9 Å². The van der Waals surface area contributed by atoms with Crippen LogP contribution in [0.1, 0.15) is 22.5 Å². The Morgan fingerprint density at radius 3 is 2.95 bits per heavy atom. The van der Waals surface area contributed by atoms with Gasteiger partial charge in [-0.25, -0.2) is 0 Å². The smallest absolute Gasteiger partial charge is 0.294 e. The van der Waals surface area contributed by atoms with Gasteiger partial charge in [-0.05, 0) is 36.6 Å². The lowest BCUT2D eigenvalue weighted by atomic mass is 10.0. The molecule has 0 fully saturated rings. The van der Waals surface area contributed by atoms with Gasteiger partial charge in [0.25, 0.3) is 5.91 Å². The molecular formula is C15H15NO3. The van der Waals surface area contributed by atoms with E-state index in [4.69, 9.17) is 9.15 Å². The van der Waals surface area contributed by atoms with Crippen LogP contribution in [0.25, 0.3) is 0 Å². The number of aryl methyl sites for hydroxylation is 1. The summed E-state index contributed by atoms with van der Waals surface area (Å²) in [6.45, 7) is 0.687. The quantitative estimate of drug-likeness (QED) is 0.830. The van der Waals surface area contributed by atoms with Crippen molar-refractivity contribution in [3.8, 4) is 5.75 Å². The molecule has 1 aliphatic rings. The summed E-state index contributed by atoms with van der Waals surface area (Å²) in [5.41, 5.74) is 2.02. The summed E-state index contributed by atoms with van der Waals surface area (Å²) < 4.78 is 10.6. The van der Waals surface area contributed by atoms with Crippen LogP contribution in [-0.4, -0.2) is 19.6 Å². The normalized spacial score (nSPS) is 14.1. The van der Waals surface area contributed by atoms with Crippen molar-refractivity contribution in [2.45, 2.75) is 12.8 Å². The molecule has 2 aromatic rings. The molecule has 0 aliphatic carbocycles. The summed E-state index contributed by atoms with van der Waals surface area (Å²) in [6.07, 6.45) is 3.43. The molecule has 1 aromatic carbocycles. The molecule has 4 heteroatoms. The standard InChI is InChI=1S/C15H15NO3/c1-18-12-7-2-5-11-6-3-9-16(14(11)12)15(17)13-8-4-10-19-13/h2,4-5,7-8,10H,3,6,9H2,1H3. The van der Waals surface area contributed by atoms with E-state index in [9.17, 15) is 4.79 Å². The van der Waals surface area contributed by atoms with Gasteiger partial charge in [0.1, 0.15) is 5.75 Å². The number of carbonyl (C=O) groups is 1. The molecule has 0 radical (unpaired) electrons. The number of anilines is 1. The summed E-state index contributed by atoms with van der Waals surface area (Å²) in [5, 5.41) is 0. The summed E-state index contributed by atoms with van der Waals surface area (Å²) in [6, 6.07) is 9.29. The minimum absolute atomic E-state index is 0.115. The fourth-order valence-corrected chi connectivity index (χ4v) is 2.52. The number of rotatable bonds is 2. The van der Waals surface area contributed by atoms with Crippen LogP contribution in [0.2, 0.25) is 0 Å². The zero-order valence-electron chi connectivity index (χ0n) is 10.8. The van der Waals surface area contributed by atoms with Crippen LogP contribution in [0.3, 0.4) is 0 Å². The largest absolute Gasteiger partial charge is 0.495 e. The lowest BCUT2D eigenvalue weighted by Crippen LogP contribution is -2.35. The Bertz CT molecular complexity index is 575. The number of hydrogen-bond acceptors (Lipinski definition) is 3. The van der Waals surface area contributed by atoms with Crippen LogP contribution in [0.15, 0.2) is 41.0 Å². The second kappa shape index (κ2) is 4.80. The average molecular weight is 257 g/mol. The Labute approximate surface area is 111 Å². The van der Waals surface area contributed by atoms with E-state index in [1.165, 1.54) is 6.26 Å². The first kappa shape index (κ1) is 11.8. The number of benzene rings is 1. The SMILES string of the molecule is COc1cccc2c1N(C(=O)c1ccco1)CCC2. The number of amides is 1. The van der Waals surface area contributed by atoms with E-state index in [0.717, 1.165) is 29.8 Å². The fraction of sp³-hybridized carbons (Fsp3) is 0.267. The van der Waals surface area contributed by atoms with Crippen LogP contribution in [0.4, 0.5) is 5.69 Å². The third-order valence-electron chi connectivity index (χ3n) is 3.38. The molecule has 0 N–H and O–H groups in total. The molecule has 0 spiro atoms. The molecule has 0 bridgehead atoms. The minimum atomic E-state index is -0.115. The summed E-state index contributed by atoms with van der Waals surface area (Å²) in [5.74, 6) is 0.978. The monoisotopic (exact) mass is 257 g/mol. The highest BCUT2D eigenvalue weighted by molar-refractivity contribution is 6.05. The Kier molecular flexibility index (Phi) is 2.99. The Morgan fingerprint density at radius 1 is 1.32 bits per heavy atom. The molecule has 0 unspecified atom stereocenters. The topological polar surface area (TPSA) is 42.7 Å². The highest BCUT2D eigenvalue weighted by Crippen LogP contribution is 2.36. The van der Waals surface area contributed by atoms with Crippen LogP contribution in [0.5, 0.6) is 5.75 Å². The molecule has 2 heterocycles. The lowest BCUT2D eigenvalue weighted by molar-refractivity contribution is 0.0957. The highest BCUT2D eigenvalue weighted by Gasteiger charge is 2.27. The van der Waals surface area contributed by atoms with Crippen molar-refractivity contribution >= 4 is 11.6 Å². The van der Waals surface area contributed by atoms with E-state index in [0.29, 0.717) is 12.3 Å². The lowest BCUT2D eigenvalue weighted by Gasteiger charge is -2.30. The molecular weight excluding hydrogens is 242 g/mol. The van der Waals surface area contributed by atoms with Crippen LogP contribution in [0, 0.1) is 0 Å². The van der Waals surface area contributed by atoms with Gasteiger partial charge in [-0.1, -0.05) is 12.1 Å². The van der Waals surface area contributed by atoms with E-state index in [-0.39, 0.29) is 5.91 Å². The molecule has 1 aliphatic heterocycles. The maximum atomic E-state index is 12.5. The predicted molar refractivity (Wildman–Crippen MR) is 71.7 cm³/mol. The first-order valence-electron chi connectivity index (χ1n) is 6.32. The summed E-state index contributed by atoms with van der Waals surface area (Å²) in [7, 11) is 1.62. The first-order chi connectivity index (χ1) is 9.31. The fourth-order valence-electron chi connectivity index (χ4n) is 2.52. The van der Waals surface area contributed by atoms with Crippen molar-refractivity contribution in [2.75, 3.05) is 18.6 Å². The number of ether oxygens (including phenoxy) is 1. The summed E-state index contributed by atoms with van der Waals surface area (Å²) >= 11 is 0. The number of furan rings is 1. The molecule has 0 saturated carbocycles. The van der Waals surface area contributed by atoms with Crippen molar-refractivity contribution in [1.29, 1.82) is 0 Å². The van der Waals surface area contributed by atoms with Crippen molar-refractivity contribution in [3.63, 3.8) is 0 Å². The second-order valence-electron chi connectivity index (χ2n) is 4.51. The Morgan fingerprint density at radius 2 is 2.21 bits per heavy atom. The van der Waals surface area contributed by atoms with Gasteiger partial charge in [0.15, 0.2) is 5.76 Å².